The van der Waals surface area contributed by atoms with E-state index in [1.54, 1.807) is 0 Å². The third-order valence-corrected chi connectivity index (χ3v) is 3.85. The van der Waals surface area contributed by atoms with E-state index in [9.17, 15) is 14.4 Å². The van der Waals surface area contributed by atoms with Crippen molar-refractivity contribution in [3.63, 3.8) is 0 Å². The summed E-state index contributed by atoms with van der Waals surface area (Å²) >= 11 is 0. The number of rotatable bonds is 3. The Balaban J connectivity index is 2.21. The molecule has 1 N–H and O–H groups in total. The predicted molar refractivity (Wildman–Crippen MR) is 61.4 cm³/mol. The first-order valence-electron chi connectivity index (χ1n) is 6.14. The van der Waals surface area contributed by atoms with Gasteiger partial charge in [-0.25, -0.2) is 0 Å². The molecule has 5 heteroatoms. The van der Waals surface area contributed by atoms with E-state index >= 15 is 0 Å². The third kappa shape index (κ3) is 1.88. The number of nitrogens with one attached hydrogen (secondary N) is 1. The average Bonchev–Trinajstić information content (AvgIpc) is 2.97. The first-order valence-corrected chi connectivity index (χ1v) is 6.14. The molecule has 0 saturated carbocycles. The summed E-state index contributed by atoms with van der Waals surface area (Å²) in [6.45, 7) is 2.73. The third-order valence-electron chi connectivity index (χ3n) is 3.85. The van der Waals surface area contributed by atoms with Crippen molar-refractivity contribution in [1.29, 1.82) is 0 Å². The Morgan fingerprint density at radius 1 is 1.41 bits per heavy atom. The SMILES string of the molecule is CC(=O)[C@@]1(C=O)CCCN1C(=O)[C@@H]1CCCN1. The molecule has 94 valence electrons. The lowest BCUT2D eigenvalue weighted by Gasteiger charge is -2.33. The topological polar surface area (TPSA) is 66.5 Å². The molecule has 0 unspecified atom stereocenters. The number of hydrogen-bond acceptors (Lipinski definition) is 4. The Labute approximate surface area is 101 Å². The van der Waals surface area contributed by atoms with Crippen LogP contribution in [-0.2, 0) is 14.4 Å². The number of amides is 1. The first-order chi connectivity index (χ1) is 8.12. The largest absolute Gasteiger partial charge is 0.322 e. The van der Waals surface area contributed by atoms with Gasteiger partial charge in [0.1, 0.15) is 0 Å². The van der Waals surface area contributed by atoms with Gasteiger partial charge in [-0.3, -0.25) is 9.59 Å². The van der Waals surface area contributed by atoms with E-state index in [0.717, 1.165) is 25.8 Å². The molecule has 0 radical (unpaired) electrons. The summed E-state index contributed by atoms with van der Waals surface area (Å²) in [7, 11) is 0. The molecule has 2 atom stereocenters. The Morgan fingerprint density at radius 2 is 2.18 bits per heavy atom. The molecule has 2 saturated heterocycles. The molecule has 2 aliphatic heterocycles. The molecule has 0 bridgehead atoms. The van der Waals surface area contributed by atoms with Gasteiger partial charge in [0.25, 0.3) is 0 Å². The van der Waals surface area contributed by atoms with Crippen molar-refractivity contribution in [1.82, 2.24) is 10.2 Å². The zero-order valence-corrected chi connectivity index (χ0v) is 10.1. The normalized spacial score (nSPS) is 32.8. The Kier molecular flexibility index (Phi) is 3.28. The van der Waals surface area contributed by atoms with E-state index in [0.29, 0.717) is 19.3 Å². The lowest BCUT2D eigenvalue weighted by molar-refractivity contribution is -0.147. The fraction of sp³-hybridized carbons (Fsp3) is 0.750. The number of carbonyl (C=O) groups is 3. The highest BCUT2D eigenvalue weighted by atomic mass is 16.2. The maximum Gasteiger partial charge on any atom is 0.240 e. The van der Waals surface area contributed by atoms with Crippen LogP contribution in [-0.4, -0.2) is 47.5 Å². The second-order valence-corrected chi connectivity index (χ2v) is 4.84. The summed E-state index contributed by atoms with van der Waals surface area (Å²) in [6, 6.07) is -0.216. The van der Waals surface area contributed by atoms with Gasteiger partial charge in [0.15, 0.2) is 17.6 Å². The van der Waals surface area contributed by atoms with Crippen molar-refractivity contribution in [2.24, 2.45) is 0 Å². The van der Waals surface area contributed by atoms with E-state index in [2.05, 4.69) is 5.32 Å². The smallest absolute Gasteiger partial charge is 0.240 e. The molecule has 2 heterocycles. The first kappa shape index (κ1) is 12.2. The van der Waals surface area contributed by atoms with Gasteiger partial charge in [-0.1, -0.05) is 0 Å². The number of ketones is 1. The maximum absolute atomic E-state index is 12.3. The summed E-state index contributed by atoms with van der Waals surface area (Å²) in [6.07, 6.45) is 3.59. The van der Waals surface area contributed by atoms with Crippen LogP contribution in [0.4, 0.5) is 0 Å². The predicted octanol–water partition coefficient (Wildman–Crippen LogP) is -0.113. The quantitative estimate of drug-likeness (QED) is 0.550. The highest BCUT2D eigenvalue weighted by Gasteiger charge is 2.49. The van der Waals surface area contributed by atoms with Crippen LogP contribution in [0.25, 0.3) is 0 Å². The molecule has 2 rings (SSSR count). The van der Waals surface area contributed by atoms with E-state index in [1.807, 2.05) is 0 Å². The fourth-order valence-electron chi connectivity index (χ4n) is 2.80. The van der Waals surface area contributed by atoms with Crippen LogP contribution < -0.4 is 5.32 Å². The number of carbonyl (C=O) groups excluding carboxylic acids is 3. The van der Waals surface area contributed by atoms with Gasteiger partial charge in [-0.05, 0) is 39.2 Å². The van der Waals surface area contributed by atoms with E-state index in [-0.39, 0.29) is 17.7 Å². The van der Waals surface area contributed by atoms with Crippen LogP contribution >= 0.6 is 0 Å². The van der Waals surface area contributed by atoms with Gasteiger partial charge in [0.2, 0.25) is 5.91 Å². The zero-order chi connectivity index (χ0) is 12.5. The standard InChI is InChI=1S/C12H18N2O3/c1-9(16)12(8-15)5-3-7-14(12)11(17)10-4-2-6-13-10/h8,10,13H,2-7H2,1H3/t10-,12-/m0/s1. The van der Waals surface area contributed by atoms with E-state index in [4.69, 9.17) is 0 Å². The summed E-state index contributed by atoms with van der Waals surface area (Å²) in [5, 5.41) is 3.12. The highest BCUT2D eigenvalue weighted by molar-refractivity contribution is 6.05. The fourth-order valence-corrected chi connectivity index (χ4v) is 2.80. The Bertz CT molecular complexity index is 350. The van der Waals surface area contributed by atoms with E-state index in [1.165, 1.54) is 11.8 Å². The average molecular weight is 238 g/mol. The lowest BCUT2D eigenvalue weighted by Crippen LogP contribution is -2.57. The van der Waals surface area contributed by atoms with Crippen molar-refractivity contribution >= 4 is 18.0 Å². The minimum absolute atomic E-state index is 0.0951. The summed E-state index contributed by atoms with van der Waals surface area (Å²) < 4.78 is 0. The molecule has 0 spiro atoms. The van der Waals surface area contributed by atoms with Crippen molar-refractivity contribution < 1.29 is 14.4 Å². The molecular formula is C12H18N2O3. The van der Waals surface area contributed by atoms with Crippen molar-refractivity contribution in [2.75, 3.05) is 13.1 Å². The number of hydrogen-bond donors (Lipinski definition) is 1. The second kappa shape index (κ2) is 4.56. The van der Waals surface area contributed by atoms with Crippen LogP contribution in [0.2, 0.25) is 0 Å². The minimum atomic E-state index is -1.19. The van der Waals surface area contributed by atoms with Crippen LogP contribution in [0.5, 0.6) is 0 Å². The van der Waals surface area contributed by atoms with E-state index < -0.39 is 5.54 Å². The van der Waals surface area contributed by atoms with Crippen LogP contribution in [0.15, 0.2) is 0 Å². The summed E-state index contributed by atoms with van der Waals surface area (Å²) in [5.74, 6) is -0.321. The van der Waals surface area contributed by atoms with Crippen LogP contribution in [0.3, 0.4) is 0 Å². The molecule has 2 fully saturated rings. The molecule has 2 aliphatic rings. The Morgan fingerprint density at radius 3 is 2.71 bits per heavy atom. The number of Topliss-reactive ketones (excluding diaryl/α,β-unsaturated/α-hetero) is 1. The number of aldehydes is 1. The van der Waals surface area contributed by atoms with Crippen molar-refractivity contribution in [3.05, 3.63) is 0 Å². The Hall–Kier alpha value is -1.23. The molecule has 0 aromatic heterocycles. The lowest BCUT2D eigenvalue weighted by atomic mass is 9.93. The van der Waals surface area contributed by atoms with Crippen LogP contribution in [0, 0.1) is 0 Å². The van der Waals surface area contributed by atoms with Gasteiger partial charge in [0, 0.05) is 6.54 Å². The summed E-state index contributed by atoms with van der Waals surface area (Å²) in [5.41, 5.74) is -1.19. The minimum Gasteiger partial charge on any atom is -0.322 e. The van der Waals surface area contributed by atoms with Gasteiger partial charge in [-0.15, -0.1) is 0 Å². The van der Waals surface area contributed by atoms with Crippen molar-refractivity contribution in [2.45, 2.75) is 44.2 Å². The number of likely N-dealkylation sites (tertiary alicyclic amines) is 1. The second-order valence-electron chi connectivity index (χ2n) is 4.84. The molecule has 5 nitrogen and oxygen atoms in total. The van der Waals surface area contributed by atoms with Crippen molar-refractivity contribution in [3.8, 4) is 0 Å². The van der Waals surface area contributed by atoms with Crippen LogP contribution in [0.1, 0.15) is 32.6 Å². The molecule has 0 aliphatic carbocycles. The molecule has 0 aromatic carbocycles. The molecule has 1 amide bonds. The van der Waals surface area contributed by atoms with Gasteiger partial charge in [-0.2, -0.15) is 0 Å². The maximum atomic E-state index is 12.3. The zero-order valence-electron chi connectivity index (χ0n) is 10.1. The number of nitrogens with zero attached hydrogens (tertiary/aromatic N) is 1. The van der Waals surface area contributed by atoms with Gasteiger partial charge < -0.3 is 15.0 Å². The van der Waals surface area contributed by atoms with Gasteiger partial charge in [0.05, 0.1) is 6.04 Å². The monoisotopic (exact) mass is 238 g/mol. The molecular weight excluding hydrogens is 220 g/mol. The molecule has 17 heavy (non-hydrogen) atoms. The van der Waals surface area contributed by atoms with Gasteiger partial charge >= 0.3 is 0 Å². The molecule has 0 aromatic rings. The summed E-state index contributed by atoms with van der Waals surface area (Å²) in [4.78, 5) is 36.7. The highest BCUT2D eigenvalue weighted by Crippen LogP contribution is 2.30.